The summed E-state index contributed by atoms with van der Waals surface area (Å²) in [7, 11) is 1.32. The minimum absolute atomic E-state index is 0.00591. The Hall–Kier alpha value is -4.14. The minimum atomic E-state index is -1.80. The molecule has 2 aromatic heterocycles. The van der Waals surface area contributed by atoms with Crippen LogP contribution in [0.3, 0.4) is 0 Å². The van der Waals surface area contributed by atoms with Gasteiger partial charge in [0.15, 0.2) is 28.4 Å². The zero-order chi connectivity index (χ0) is 27.3. The van der Waals surface area contributed by atoms with E-state index in [1.165, 1.54) is 25.3 Å². The predicted octanol–water partition coefficient (Wildman–Crippen LogP) is 0.797. The Labute approximate surface area is 212 Å². The zero-order valence-corrected chi connectivity index (χ0v) is 19.6. The number of methoxy groups -OCH3 is 1. The molecule has 0 saturated carbocycles. The lowest BCUT2D eigenvalue weighted by molar-refractivity contribution is -0.277. The number of aliphatic hydroxyl groups is 4. The lowest BCUT2D eigenvalue weighted by atomic mass is 9.99. The highest BCUT2D eigenvalue weighted by Crippen LogP contribution is 2.44. The maximum atomic E-state index is 12.3. The molecule has 0 unspecified atom stereocenters. The molecule has 200 valence electrons. The van der Waals surface area contributed by atoms with Gasteiger partial charge in [-0.25, -0.2) is 4.79 Å². The van der Waals surface area contributed by atoms with Crippen LogP contribution in [0.5, 0.6) is 17.2 Å². The van der Waals surface area contributed by atoms with Crippen molar-refractivity contribution in [2.45, 2.75) is 30.7 Å². The molecule has 1 aliphatic heterocycles. The Morgan fingerprint density at radius 1 is 1.00 bits per heavy atom. The molecule has 2 aromatic carbocycles. The third-order valence-electron chi connectivity index (χ3n) is 6.20. The summed E-state index contributed by atoms with van der Waals surface area (Å²) < 4.78 is 28.0. The normalized spacial score (nSPS) is 23.6. The zero-order valence-electron chi connectivity index (χ0n) is 19.6. The number of ether oxygens (including phenoxy) is 3. The number of benzene rings is 2. The highest BCUT2D eigenvalue weighted by molar-refractivity contribution is 6.11. The van der Waals surface area contributed by atoms with Crippen molar-refractivity contribution in [1.29, 1.82) is 0 Å². The van der Waals surface area contributed by atoms with Gasteiger partial charge in [-0.3, -0.25) is 4.79 Å². The molecule has 13 nitrogen and oxygen atoms in total. The second-order valence-electron chi connectivity index (χ2n) is 8.59. The molecule has 1 fully saturated rings. The molecule has 5 atom stereocenters. The second kappa shape index (κ2) is 9.63. The van der Waals surface area contributed by atoms with E-state index >= 15 is 0 Å². The van der Waals surface area contributed by atoms with E-state index in [2.05, 4.69) is 0 Å². The molecule has 0 radical (unpaired) electrons. The van der Waals surface area contributed by atoms with Gasteiger partial charge in [-0.1, -0.05) is 0 Å². The van der Waals surface area contributed by atoms with Crippen molar-refractivity contribution in [3.8, 4) is 28.6 Å². The Morgan fingerprint density at radius 2 is 1.71 bits per heavy atom. The van der Waals surface area contributed by atoms with E-state index in [9.17, 15) is 40.2 Å². The molecule has 0 amide bonds. The molecule has 38 heavy (non-hydrogen) atoms. The van der Waals surface area contributed by atoms with Crippen molar-refractivity contribution >= 4 is 27.9 Å². The van der Waals surface area contributed by atoms with Crippen LogP contribution in [0.25, 0.3) is 33.3 Å². The van der Waals surface area contributed by atoms with Crippen molar-refractivity contribution in [2.24, 2.45) is 0 Å². The Morgan fingerprint density at radius 3 is 2.37 bits per heavy atom. The van der Waals surface area contributed by atoms with Crippen LogP contribution in [-0.2, 0) is 4.74 Å². The number of carboxylic acid groups (broad SMARTS) is 1. The van der Waals surface area contributed by atoms with Gasteiger partial charge in [0, 0.05) is 29.1 Å². The number of phenolic OH excluding ortho intramolecular Hbond substituents is 1. The molecular formula is C25H22O13. The first kappa shape index (κ1) is 25.5. The van der Waals surface area contributed by atoms with Crippen molar-refractivity contribution in [1.82, 2.24) is 0 Å². The van der Waals surface area contributed by atoms with Gasteiger partial charge in [-0.15, -0.1) is 0 Å². The average molecular weight is 530 g/mol. The number of aromatic hydroxyl groups is 1. The van der Waals surface area contributed by atoms with Crippen molar-refractivity contribution in [2.75, 3.05) is 13.7 Å². The largest absolute Gasteiger partial charge is 0.504 e. The molecule has 0 bridgehead atoms. The Kier molecular flexibility index (Phi) is 6.46. The van der Waals surface area contributed by atoms with Crippen LogP contribution in [0, 0.1) is 0 Å². The Bertz CT molecular complexity index is 1580. The van der Waals surface area contributed by atoms with E-state index in [0.29, 0.717) is 0 Å². The van der Waals surface area contributed by atoms with Crippen LogP contribution in [-0.4, -0.2) is 81.0 Å². The molecule has 6 N–H and O–H groups in total. The van der Waals surface area contributed by atoms with Gasteiger partial charge >= 0.3 is 5.97 Å². The molecule has 0 spiro atoms. The average Bonchev–Trinajstić information content (AvgIpc) is 2.89. The summed E-state index contributed by atoms with van der Waals surface area (Å²) >= 11 is 0. The van der Waals surface area contributed by atoms with Gasteiger partial charge in [0.1, 0.15) is 35.6 Å². The number of hydrogen-bond donors (Lipinski definition) is 6. The van der Waals surface area contributed by atoms with E-state index in [1.54, 1.807) is 0 Å². The molecule has 0 aliphatic carbocycles. The summed E-state index contributed by atoms with van der Waals surface area (Å²) in [6.07, 6.45) is -8.17. The third-order valence-corrected chi connectivity index (χ3v) is 6.20. The highest BCUT2D eigenvalue weighted by atomic mass is 16.7. The van der Waals surface area contributed by atoms with Crippen LogP contribution in [0.4, 0.5) is 0 Å². The molecule has 1 aliphatic rings. The van der Waals surface area contributed by atoms with Crippen LogP contribution in [0.1, 0.15) is 10.6 Å². The predicted molar refractivity (Wildman–Crippen MR) is 127 cm³/mol. The van der Waals surface area contributed by atoms with Crippen LogP contribution in [0.2, 0.25) is 0 Å². The van der Waals surface area contributed by atoms with E-state index in [1.807, 2.05) is 0 Å². The summed E-state index contributed by atoms with van der Waals surface area (Å²) in [6.45, 7) is -0.713. The quantitative estimate of drug-likeness (QED) is 0.204. The number of carbonyl (C=O) groups is 1. The summed E-state index contributed by atoms with van der Waals surface area (Å²) in [5.41, 5.74) is -0.413. The van der Waals surface area contributed by atoms with Gasteiger partial charge in [0.05, 0.1) is 19.1 Å². The summed E-state index contributed by atoms with van der Waals surface area (Å²) in [6, 6.07) is 7.46. The topological polar surface area (TPSA) is 209 Å². The fourth-order valence-corrected chi connectivity index (χ4v) is 4.31. The standard InChI is InChI=1S/C25H22O13/c1-34-13-4-9(2-3-12(13)28)22-23(38-25-21(31)20(30)19(29)17(8-26)37-25)11-7-16(24(32)33)35-14-5-10(27)6-15(36-22)18(11)14/h2-7,17,19-21,25-26,28-31H,8H2,1H3,(H,32,33)/t17-,19-,20+,21-,25+/m1/s1. The van der Waals surface area contributed by atoms with Gasteiger partial charge < -0.3 is 53.7 Å². The van der Waals surface area contributed by atoms with E-state index in [0.717, 1.165) is 18.2 Å². The first-order valence-corrected chi connectivity index (χ1v) is 11.2. The molecule has 3 heterocycles. The lowest BCUT2D eigenvalue weighted by Crippen LogP contribution is -2.60. The fourth-order valence-electron chi connectivity index (χ4n) is 4.31. The van der Waals surface area contributed by atoms with Crippen LogP contribution >= 0.6 is 0 Å². The SMILES string of the molecule is COc1cc(-c2oc3cc(=O)cc4oc(C(=O)O)cc(c2O[C@@H]2O[C@H](CO)[C@@H](O)[C@H](O)[C@H]2O)c43)ccc1O. The first-order chi connectivity index (χ1) is 18.1. The lowest BCUT2D eigenvalue weighted by Gasteiger charge is -2.39. The monoisotopic (exact) mass is 530 g/mol. The van der Waals surface area contributed by atoms with Gasteiger partial charge in [-0.2, -0.15) is 0 Å². The number of aromatic carboxylic acids is 1. The number of phenols is 1. The van der Waals surface area contributed by atoms with Crippen molar-refractivity contribution in [3.63, 3.8) is 0 Å². The number of rotatable bonds is 6. The number of aliphatic hydroxyl groups excluding tert-OH is 4. The maximum absolute atomic E-state index is 12.3. The van der Waals surface area contributed by atoms with Crippen molar-refractivity contribution in [3.05, 3.63) is 52.4 Å². The molecule has 4 aromatic rings. The molecule has 13 heteroatoms. The molecule has 5 rings (SSSR count). The number of hydrogen-bond acceptors (Lipinski definition) is 12. The van der Waals surface area contributed by atoms with Gasteiger partial charge in [0.25, 0.3) is 0 Å². The summed E-state index contributed by atoms with van der Waals surface area (Å²) in [5.74, 6) is -2.44. The van der Waals surface area contributed by atoms with E-state index < -0.39 is 54.5 Å². The molecular weight excluding hydrogens is 508 g/mol. The third kappa shape index (κ3) is 4.21. The molecule has 1 saturated heterocycles. The fraction of sp³-hybridized carbons (Fsp3) is 0.280. The Balaban J connectivity index is 1.81. The minimum Gasteiger partial charge on any atom is -0.504 e. The summed E-state index contributed by atoms with van der Waals surface area (Å²) in [4.78, 5) is 24.2. The van der Waals surface area contributed by atoms with Gasteiger partial charge in [-0.05, 0) is 18.2 Å². The maximum Gasteiger partial charge on any atom is 0.371 e. The van der Waals surface area contributed by atoms with Crippen molar-refractivity contribution < 1.29 is 58.5 Å². The second-order valence-corrected chi connectivity index (χ2v) is 8.59. The van der Waals surface area contributed by atoms with E-state index in [4.69, 9.17) is 23.0 Å². The summed E-state index contributed by atoms with van der Waals surface area (Å²) in [5, 5.41) is 60.5. The first-order valence-electron chi connectivity index (χ1n) is 11.2. The van der Waals surface area contributed by atoms with Crippen LogP contribution in [0.15, 0.2) is 50.0 Å². The number of carboxylic acids is 1. The highest BCUT2D eigenvalue weighted by Gasteiger charge is 2.45. The van der Waals surface area contributed by atoms with E-state index in [-0.39, 0.29) is 50.5 Å². The smallest absolute Gasteiger partial charge is 0.371 e. The van der Waals surface area contributed by atoms with Gasteiger partial charge in [0.2, 0.25) is 12.1 Å². The van der Waals surface area contributed by atoms with Crippen LogP contribution < -0.4 is 14.9 Å².